The first-order chi connectivity index (χ1) is 9.65. The maximum Gasteiger partial charge on any atom is 0.123 e. The summed E-state index contributed by atoms with van der Waals surface area (Å²) in [5, 5.41) is 0. The van der Waals surface area contributed by atoms with Crippen LogP contribution in [0, 0.1) is 12.7 Å². The topological polar surface area (TPSA) is 51.8 Å². The summed E-state index contributed by atoms with van der Waals surface area (Å²) >= 11 is 0. The zero-order valence-electron chi connectivity index (χ0n) is 11.0. The third-order valence-electron chi connectivity index (χ3n) is 3.35. The predicted molar refractivity (Wildman–Crippen MR) is 76.7 cm³/mol. The van der Waals surface area contributed by atoms with Crippen molar-refractivity contribution in [3.63, 3.8) is 0 Å². The number of fused-ring (bicyclic) bond motifs is 1. The second-order valence-electron chi connectivity index (χ2n) is 4.76. The number of aryl methyl sites for hydroxylation is 1. The van der Waals surface area contributed by atoms with Gasteiger partial charge in [-0.2, -0.15) is 0 Å². The third kappa shape index (κ3) is 2.26. The Labute approximate surface area is 116 Å². The van der Waals surface area contributed by atoms with Gasteiger partial charge in [-0.1, -0.05) is 18.2 Å². The Morgan fingerprint density at radius 3 is 2.60 bits per heavy atom. The molecule has 100 valence electrons. The van der Waals surface area contributed by atoms with Crippen LogP contribution in [0.25, 0.3) is 11.0 Å². The molecule has 20 heavy (non-hydrogen) atoms. The highest BCUT2D eigenvalue weighted by Gasteiger charge is 2.14. The van der Waals surface area contributed by atoms with E-state index in [1.165, 1.54) is 12.1 Å². The maximum atomic E-state index is 13.2. The number of nitrogens with two attached hydrogens (primary N) is 1. The van der Waals surface area contributed by atoms with E-state index in [1.54, 1.807) is 12.3 Å². The molecular weight excluding hydrogens is 253 g/mol. The van der Waals surface area contributed by atoms with Gasteiger partial charge in [-0.15, -0.1) is 0 Å². The quantitative estimate of drug-likeness (QED) is 0.776. The molecule has 0 saturated heterocycles. The first kappa shape index (κ1) is 12.7. The zero-order chi connectivity index (χ0) is 14.1. The van der Waals surface area contributed by atoms with Crippen molar-refractivity contribution in [3.05, 3.63) is 71.3 Å². The first-order valence-corrected chi connectivity index (χ1v) is 6.38. The van der Waals surface area contributed by atoms with Crippen molar-refractivity contribution in [3.8, 4) is 0 Å². The molecule has 3 rings (SSSR count). The summed E-state index contributed by atoms with van der Waals surface area (Å²) in [5.41, 5.74) is 10.2. The monoisotopic (exact) mass is 267 g/mol. The number of halogens is 1. The molecule has 0 aliphatic carbocycles. The van der Waals surface area contributed by atoms with Gasteiger partial charge in [0.15, 0.2) is 0 Å². The van der Waals surface area contributed by atoms with Crippen molar-refractivity contribution in [1.82, 2.24) is 9.97 Å². The average molecular weight is 267 g/mol. The Kier molecular flexibility index (Phi) is 3.16. The van der Waals surface area contributed by atoms with Crippen LogP contribution in [0.3, 0.4) is 0 Å². The van der Waals surface area contributed by atoms with Crippen LogP contribution in [0.1, 0.15) is 22.9 Å². The van der Waals surface area contributed by atoms with Crippen LogP contribution in [0.2, 0.25) is 0 Å². The van der Waals surface area contributed by atoms with E-state index in [9.17, 15) is 4.39 Å². The van der Waals surface area contributed by atoms with Gasteiger partial charge in [0, 0.05) is 0 Å². The summed E-state index contributed by atoms with van der Waals surface area (Å²) in [7, 11) is 0. The van der Waals surface area contributed by atoms with Crippen LogP contribution < -0.4 is 5.73 Å². The second kappa shape index (κ2) is 4.98. The average Bonchev–Trinajstić information content (AvgIpc) is 2.46. The van der Waals surface area contributed by atoms with E-state index in [4.69, 9.17) is 5.73 Å². The number of hydrogen-bond acceptors (Lipinski definition) is 3. The minimum absolute atomic E-state index is 0.261. The van der Waals surface area contributed by atoms with Gasteiger partial charge in [0.25, 0.3) is 0 Å². The van der Waals surface area contributed by atoms with Gasteiger partial charge >= 0.3 is 0 Å². The fourth-order valence-electron chi connectivity index (χ4n) is 2.27. The highest BCUT2D eigenvalue weighted by Crippen LogP contribution is 2.22. The molecule has 1 unspecified atom stereocenters. The highest BCUT2D eigenvalue weighted by atomic mass is 19.1. The summed E-state index contributed by atoms with van der Waals surface area (Å²) in [4.78, 5) is 8.89. The molecule has 3 aromatic rings. The molecule has 0 spiro atoms. The van der Waals surface area contributed by atoms with E-state index in [0.29, 0.717) is 5.69 Å². The van der Waals surface area contributed by atoms with E-state index in [0.717, 1.165) is 22.2 Å². The standard InChI is InChI=1S/C16H14FN3/c1-10-8-11(17)6-7-12(10)16(18)15-9-19-13-4-2-3-5-14(13)20-15/h2-9,16H,18H2,1H3. The van der Waals surface area contributed by atoms with Crippen LogP contribution in [0.15, 0.2) is 48.7 Å². The van der Waals surface area contributed by atoms with Gasteiger partial charge in [-0.3, -0.25) is 4.98 Å². The number of aromatic nitrogens is 2. The summed E-state index contributed by atoms with van der Waals surface area (Å²) in [6.45, 7) is 1.84. The van der Waals surface area contributed by atoms with Crippen molar-refractivity contribution in [1.29, 1.82) is 0 Å². The Morgan fingerprint density at radius 2 is 1.85 bits per heavy atom. The van der Waals surface area contributed by atoms with Crippen molar-refractivity contribution in [2.24, 2.45) is 5.73 Å². The minimum atomic E-state index is -0.410. The van der Waals surface area contributed by atoms with Crippen molar-refractivity contribution in [2.75, 3.05) is 0 Å². The fourth-order valence-corrected chi connectivity index (χ4v) is 2.27. The molecule has 2 N–H and O–H groups in total. The molecule has 1 atom stereocenters. The number of hydrogen-bond donors (Lipinski definition) is 1. The number of rotatable bonds is 2. The lowest BCUT2D eigenvalue weighted by molar-refractivity contribution is 0.624. The second-order valence-corrected chi connectivity index (χ2v) is 4.76. The molecule has 2 aromatic carbocycles. The number of benzene rings is 2. The molecule has 0 radical (unpaired) electrons. The molecule has 1 heterocycles. The normalized spacial score (nSPS) is 12.6. The van der Waals surface area contributed by atoms with Gasteiger partial charge in [0.1, 0.15) is 5.82 Å². The Balaban J connectivity index is 2.05. The van der Waals surface area contributed by atoms with E-state index < -0.39 is 6.04 Å². The van der Waals surface area contributed by atoms with Crippen LogP contribution in [0.4, 0.5) is 4.39 Å². The molecule has 4 heteroatoms. The molecule has 0 saturated carbocycles. The largest absolute Gasteiger partial charge is 0.319 e. The molecule has 0 aliphatic heterocycles. The molecule has 0 aliphatic rings. The van der Waals surface area contributed by atoms with Crippen molar-refractivity contribution in [2.45, 2.75) is 13.0 Å². The van der Waals surface area contributed by atoms with Crippen LogP contribution in [0.5, 0.6) is 0 Å². The Bertz CT molecular complexity index is 771. The van der Waals surface area contributed by atoms with E-state index in [2.05, 4.69) is 9.97 Å². The van der Waals surface area contributed by atoms with Crippen LogP contribution in [-0.4, -0.2) is 9.97 Å². The summed E-state index contributed by atoms with van der Waals surface area (Å²) in [5.74, 6) is -0.261. The van der Waals surface area contributed by atoms with Crippen LogP contribution in [-0.2, 0) is 0 Å². The summed E-state index contributed by atoms with van der Waals surface area (Å²) in [6, 6.07) is 11.8. The predicted octanol–water partition coefficient (Wildman–Crippen LogP) is 3.13. The fraction of sp³-hybridized carbons (Fsp3) is 0.125. The van der Waals surface area contributed by atoms with Gasteiger partial charge in [-0.25, -0.2) is 9.37 Å². The van der Waals surface area contributed by atoms with Crippen molar-refractivity contribution >= 4 is 11.0 Å². The van der Waals surface area contributed by atoms with Crippen molar-refractivity contribution < 1.29 is 4.39 Å². The maximum absolute atomic E-state index is 13.2. The third-order valence-corrected chi connectivity index (χ3v) is 3.35. The highest BCUT2D eigenvalue weighted by molar-refractivity contribution is 5.73. The lowest BCUT2D eigenvalue weighted by atomic mass is 9.99. The number of nitrogens with zero attached hydrogens (tertiary/aromatic N) is 2. The molecule has 0 fully saturated rings. The molecule has 3 nitrogen and oxygen atoms in total. The SMILES string of the molecule is Cc1cc(F)ccc1C(N)c1cnc2ccccc2n1. The van der Waals surface area contributed by atoms with E-state index in [-0.39, 0.29) is 5.82 Å². The Hall–Kier alpha value is -2.33. The van der Waals surface area contributed by atoms with E-state index >= 15 is 0 Å². The summed E-state index contributed by atoms with van der Waals surface area (Å²) in [6.07, 6.45) is 1.68. The van der Waals surface area contributed by atoms with Gasteiger partial charge < -0.3 is 5.73 Å². The molecule has 0 amide bonds. The molecule has 1 aromatic heterocycles. The van der Waals surface area contributed by atoms with E-state index in [1.807, 2.05) is 31.2 Å². The lowest BCUT2D eigenvalue weighted by Crippen LogP contribution is -2.15. The first-order valence-electron chi connectivity index (χ1n) is 6.38. The summed E-state index contributed by atoms with van der Waals surface area (Å²) < 4.78 is 13.2. The van der Waals surface area contributed by atoms with Crippen LogP contribution >= 0.6 is 0 Å². The minimum Gasteiger partial charge on any atom is -0.319 e. The molecule has 0 bridgehead atoms. The Morgan fingerprint density at radius 1 is 1.10 bits per heavy atom. The zero-order valence-corrected chi connectivity index (χ0v) is 11.0. The van der Waals surface area contributed by atoms with Gasteiger partial charge in [0.05, 0.1) is 29.0 Å². The smallest absolute Gasteiger partial charge is 0.123 e. The number of para-hydroxylation sites is 2. The van der Waals surface area contributed by atoms with Gasteiger partial charge in [-0.05, 0) is 42.3 Å². The lowest BCUT2D eigenvalue weighted by Gasteiger charge is -2.14. The van der Waals surface area contributed by atoms with Gasteiger partial charge in [0.2, 0.25) is 0 Å². The molecular formula is C16H14FN3.